The van der Waals surface area contributed by atoms with Gasteiger partial charge in [-0.05, 0) is 17.5 Å². The van der Waals surface area contributed by atoms with E-state index in [1.54, 1.807) is 10.7 Å². The summed E-state index contributed by atoms with van der Waals surface area (Å²) < 4.78 is 1.76. The SMILES string of the molecule is CC(CNc1ccn2nccc2n1)c1ccccc1. The Labute approximate surface area is 112 Å². The van der Waals surface area contributed by atoms with Gasteiger partial charge in [-0.15, -0.1) is 0 Å². The maximum absolute atomic E-state index is 4.49. The van der Waals surface area contributed by atoms with Gasteiger partial charge in [0, 0.05) is 18.8 Å². The topological polar surface area (TPSA) is 42.2 Å². The third kappa shape index (κ3) is 2.57. The lowest BCUT2D eigenvalue weighted by atomic mass is 10.0. The van der Waals surface area contributed by atoms with Gasteiger partial charge in [0.25, 0.3) is 0 Å². The molecule has 2 aromatic heterocycles. The first-order valence-corrected chi connectivity index (χ1v) is 6.42. The van der Waals surface area contributed by atoms with Gasteiger partial charge in [-0.25, -0.2) is 9.50 Å². The van der Waals surface area contributed by atoms with Crippen molar-refractivity contribution in [2.75, 3.05) is 11.9 Å². The summed E-state index contributed by atoms with van der Waals surface area (Å²) in [6.07, 6.45) is 3.66. The largest absolute Gasteiger partial charge is 0.369 e. The van der Waals surface area contributed by atoms with Crippen LogP contribution in [0, 0.1) is 0 Å². The number of benzene rings is 1. The highest BCUT2D eigenvalue weighted by molar-refractivity contribution is 5.45. The van der Waals surface area contributed by atoms with Gasteiger partial charge in [-0.2, -0.15) is 5.10 Å². The molecule has 3 aromatic rings. The van der Waals surface area contributed by atoms with Gasteiger partial charge in [0.05, 0.1) is 6.20 Å². The van der Waals surface area contributed by atoms with E-state index in [1.807, 2.05) is 24.4 Å². The maximum Gasteiger partial charge on any atom is 0.157 e. The van der Waals surface area contributed by atoms with E-state index in [0.29, 0.717) is 5.92 Å². The molecular formula is C15H16N4. The Morgan fingerprint density at radius 3 is 2.84 bits per heavy atom. The fourth-order valence-corrected chi connectivity index (χ4v) is 2.07. The van der Waals surface area contributed by atoms with E-state index in [4.69, 9.17) is 0 Å². The highest BCUT2D eigenvalue weighted by atomic mass is 15.2. The van der Waals surface area contributed by atoms with Gasteiger partial charge in [0.2, 0.25) is 0 Å². The molecule has 0 aliphatic carbocycles. The highest BCUT2D eigenvalue weighted by Gasteiger charge is 2.05. The van der Waals surface area contributed by atoms with Crippen LogP contribution in [0.15, 0.2) is 54.9 Å². The zero-order valence-electron chi connectivity index (χ0n) is 10.8. The molecule has 0 spiro atoms. The van der Waals surface area contributed by atoms with Crippen LogP contribution in [0.3, 0.4) is 0 Å². The van der Waals surface area contributed by atoms with Crippen LogP contribution in [0.4, 0.5) is 5.82 Å². The van der Waals surface area contributed by atoms with E-state index in [-0.39, 0.29) is 0 Å². The number of nitrogens with one attached hydrogen (secondary N) is 1. The van der Waals surface area contributed by atoms with Crippen molar-refractivity contribution in [2.24, 2.45) is 0 Å². The molecule has 19 heavy (non-hydrogen) atoms. The summed E-state index contributed by atoms with van der Waals surface area (Å²) in [5.74, 6) is 1.33. The van der Waals surface area contributed by atoms with Gasteiger partial charge < -0.3 is 5.32 Å². The lowest BCUT2D eigenvalue weighted by molar-refractivity contribution is 0.800. The normalized spacial score (nSPS) is 12.5. The molecule has 1 N–H and O–H groups in total. The summed E-state index contributed by atoms with van der Waals surface area (Å²) >= 11 is 0. The van der Waals surface area contributed by atoms with Crippen LogP contribution >= 0.6 is 0 Å². The van der Waals surface area contributed by atoms with Crippen molar-refractivity contribution >= 4 is 11.5 Å². The Balaban J connectivity index is 1.68. The minimum atomic E-state index is 0.448. The summed E-state index contributed by atoms with van der Waals surface area (Å²) in [5, 5.41) is 7.50. The number of aromatic nitrogens is 3. The van der Waals surface area contributed by atoms with E-state index in [0.717, 1.165) is 18.0 Å². The monoisotopic (exact) mass is 252 g/mol. The van der Waals surface area contributed by atoms with E-state index in [1.165, 1.54) is 5.56 Å². The van der Waals surface area contributed by atoms with Crippen molar-refractivity contribution in [1.29, 1.82) is 0 Å². The third-order valence-electron chi connectivity index (χ3n) is 3.22. The van der Waals surface area contributed by atoms with Crippen LogP contribution in [-0.4, -0.2) is 21.1 Å². The summed E-state index contributed by atoms with van der Waals surface area (Å²) in [6, 6.07) is 14.3. The average Bonchev–Trinajstić information content (AvgIpc) is 2.93. The first-order chi connectivity index (χ1) is 9.33. The Kier molecular flexibility index (Phi) is 3.14. The van der Waals surface area contributed by atoms with Gasteiger partial charge in [-0.1, -0.05) is 37.3 Å². The molecule has 3 rings (SSSR count). The molecule has 1 unspecified atom stereocenters. The second-order valence-electron chi connectivity index (χ2n) is 4.64. The predicted molar refractivity (Wildman–Crippen MR) is 76.3 cm³/mol. The molecule has 96 valence electrons. The van der Waals surface area contributed by atoms with Gasteiger partial charge in [0.1, 0.15) is 5.82 Å². The zero-order valence-corrected chi connectivity index (χ0v) is 10.8. The lowest BCUT2D eigenvalue weighted by Crippen LogP contribution is -2.11. The summed E-state index contributed by atoms with van der Waals surface area (Å²) in [6.45, 7) is 3.07. The third-order valence-corrected chi connectivity index (χ3v) is 3.22. The minimum absolute atomic E-state index is 0.448. The fourth-order valence-electron chi connectivity index (χ4n) is 2.07. The van der Waals surface area contributed by atoms with Crippen molar-refractivity contribution < 1.29 is 0 Å². The quantitative estimate of drug-likeness (QED) is 0.776. The Morgan fingerprint density at radius 1 is 1.16 bits per heavy atom. The molecule has 0 aliphatic heterocycles. The summed E-state index contributed by atoms with van der Waals surface area (Å²) in [4.78, 5) is 4.49. The second-order valence-corrected chi connectivity index (χ2v) is 4.64. The lowest BCUT2D eigenvalue weighted by Gasteiger charge is -2.13. The average molecular weight is 252 g/mol. The Bertz CT molecular complexity index is 660. The fraction of sp³-hybridized carbons (Fsp3) is 0.200. The number of anilines is 1. The van der Waals surface area contributed by atoms with Crippen LogP contribution in [0.25, 0.3) is 5.65 Å². The number of nitrogens with zero attached hydrogens (tertiary/aromatic N) is 3. The molecule has 0 radical (unpaired) electrons. The van der Waals surface area contributed by atoms with Crippen molar-refractivity contribution in [3.63, 3.8) is 0 Å². The first-order valence-electron chi connectivity index (χ1n) is 6.42. The van der Waals surface area contributed by atoms with E-state index in [9.17, 15) is 0 Å². The van der Waals surface area contributed by atoms with Crippen LogP contribution in [-0.2, 0) is 0 Å². The minimum Gasteiger partial charge on any atom is -0.369 e. The first kappa shape index (κ1) is 11.7. The number of fused-ring (bicyclic) bond motifs is 1. The maximum atomic E-state index is 4.49. The molecule has 0 saturated heterocycles. The molecule has 0 amide bonds. The van der Waals surface area contributed by atoms with E-state index in [2.05, 4.69) is 46.6 Å². The van der Waals surface area contributed by atoms with Crippen molar-refractivity contribution in [2.45, 2.75) is 12.8 Å². The molecule has 2 heterocycles. The molecule has 0 aliphatic rings. The van der Waals surface area contributed by atoms with Crippen molar-refractivity contribution in [3.05, 3.63) is 60.4 Å². The molecule has 0 saturated carbocycles. The summed E-state index contributed by atoms with van der Waals surface area (Å²) in [7, 11) is 0. The molecule has 0 fully saturated rings. The zero-order chi connectivity index (χ0) is 13.1. The Hall–Kier alpha value is -2.36. The molecule has 4 nitrogen and oxygen atoms in total. The Morgan fingerprint density at radius 2 is 2.00 bits per heavy atom. The summed E-state index contributed by atoms with van der Waals surface area (Å²) in [5.41, 5.74) is 2.19. The molecule has 1 atom stereocenters. The van der Waals surface area contributed by atoms with Gasteiger partial charge in [-0.3, -0.25) is 0 Å². The number of rotatable bonds is 4. The van der Waals surface area contributed by atoms with Gasteiger partial charge >= 0.3 is 0 Å². The van der Waals surface area contributed by atoms with Crippen LogP contribution < -0.4 is 5.32 Å². The number of hydrogen-bond donors (Lipinski definition) is 1. The number of hydrogen-bond acceptors (Lipinski definition) is 3. The predicted octanol–water partition coefficient (Wildman–Crippen LogP) is 2.94. The van der Waals surface area contributed by atoms with Crippen molar-refractivity contribution in [1.82, 2.24) is 14.6 Å². The van der Waals surface area contributed by atoms with Crippen molar-refractivity contribution in [3.8, 4) is 0 Å². The van der Waals surface area contributed by atoms with E-state index >= 15 is 0 Å². The molecular weight excluding hydrogens is 236 g/mol. The van der Waals surface area contributed by atoms with Gasteiger partial charge in [0.15, 0.2) is 5.65 Å². The van der Waals surface area contributed by atoms with E-state index < -0.39 is 0 Å². The highest BCUT2D eigenvalue weighted by Crippen LogP contribution is 2.15. The smallest absolute Gasteiger partial charge is 0.157 e. The van der Waals surface area contributed by atoms with Crippen LogP contribution in [0.5, 0.6) is 0 Å². The molecule has 0 bridgehead atoms. The second kappa shape index (κ2) is 5.10. The van der Waals surface area contributed by atoms with Crippen LogP contribution in [0.1, 0.15) is 18.4 Å². The van der Waals surface area contributed by atoms with Crippen LogP contribution in [0.2, 0.25) is 0 Å². The molecule has 1 aromatic carbocycles. The standard InChI is InChI=1S/C15H16N4/c1-12(13-5-3-2-4-6-13)11-16-14-8-10-19-15(18-14)7-9-17-19/h2-10,12H,11H2,1H3,(H,16,18). The molecule has 4 heteroatoms.